The topological polar surface area (TPSA) is 55.8 Å². The lowest BCUT2D eigenvalue weighted by atomic mass is 9.63. The van der Waals surface area contributed by atoms with Gasteiger partial charge in [0.05, 0.1) is 16.6 Å². The first kappa shape index (κ1) is 14.5. The van der Waals surface area contributed by atoms with Crippen LogP contribution in [-0.2, 0) is 14.1 Å². The van der Waals surface area contributed by atoms with E-state index < -0.39 is 35.4 Å². The monoisotopic (exact) mass is 270 g/mol. The molecule has 0 aromatic heterocycles. The van der Waals surface area contributed by atoms with Crippen LogP contribution in [0.2, 0.25) is 0 Å². The molecule has 0 bridgehead atoms. The number of hydrogen-bond donors (Lipinski definition) is 1. The maximum atomic E-state index is 14.3. The lowest BCUT2D eigenvalue weighted by Crippen LogP contribution is -2.41. The Labute approximate surface area is 113 Å². The zero-order valence-electron chi connectivity index (χ0n) is 12.0. The van der Waals surface area contributed by atoms with Gasteiger partial charge in [-0.3, -0.25) is 4.79 Å². The summed E-state index contributed by atoms with van der Waals surface area (Å²) >= 11 is 0. The highest BCUT2D eigenvalue weighted by molar-refractivity contribution is 6.54. The fourth-order valence-corrected chi connectivity index (χ4v) is 2.32. The van der Waals surface area contributed by atoms with Crippen molar-refractivity contribution >= 4 is 13.1 Å². The predicted octanol–water partition coefficient (Wildman–Crippen LogP) is 2.73. The van der Waals surface area contributed by atoms with Gasteiger partial charge in [-0.05, 0) is 53.0 Å². The number of carbonyl (C=O) groups is 1. The highest BCUT2D eigenvalue weighted by atomic mass is 19.1. The van der Waals surface area contributed by atoms with E-state index in [1.165, 1.54) is 0 Å². The molecule has 19 heavy (non-hydrogen) atoms. The Morgan fingerprint density at radius 2 is 1.58 bits per heavy atom. The van der Waals surface area contributed by atoms with Gasteiger partial charge >= 0.3 is 13.1 Å². The quantitative estimate of drug-likeness (QED) is 0.784. The van der Waals surface area contributed by atoms with Crippen molar-refractivity contribution in [2.75, 3.05) is 0 Å². The lowest BCUT2D eigenvalue weighted by molar-refractivity contribution is -0.150. The molecule has 1 saturated carbocycles. The molecule has 0 atom stereocenters. The SMILES string of the molecule is CC1(C(=O)O)CC(=C(F)B2OC(C)(C)C(C)(C)O2)C1. The molecule has 1 aliphatic heterocycles. The van der Waals surface area contributed by atoms with Crippen molar-refractivity contribution in [1.82, 2.24) is 0 Å². The molecule has 6 heteroatoms. The molecule has 1 N–H and O–H groups in total. The molecule has 0 radical (unpaired) electrons. The molecule has 0 aromatic carbocycles. The fraction of sp³-hybridized carbons (Fsp3) is 0.769. The molecular formula is C13H20BFO4. The summed E-state index contributed by atoms with van der Waals surface area (Å²) in [5, 5.41) is 9.02. The summed E-state index contributed by atoms with van der Waals surface area (Å²) in [6, 6.07) is 0. The summed E-state index contributed by atoms with van der Waals surface area (Å²) in [5.74, 6) is -0.891. The fourth-order valence-electron chi connectivity index (χ4n) is 2.32. The molecule has 2 rings (SSSR count). The normalized spacial score (nSPS) is 32.1. The second kappa shape index (κ2) is 4.06. The Bertz CT molecular complexity index is 432. The number of carboxylic acids is 1. The van der Waals surface area contributed by atoms with E-state index in [1.54, 1.807) is 6.92 Å². The average Bonchev–Trinajstić information content (AvgIpc) is 2.42. The lowest BCUT2D eigenvalue weighted by Gasteiger charge is -2.37. The highest BCUT2D eigenvalue weighted by Gasteiger charge is 2.55. The molecule has 1 saturated heterocycles. The van der Waals surface area contributed by atoms with Gasteiger partial charge in [0.25, 0.3) is 0 Å². The van der Waals surface area contributed by atoms with Gasteiger partial charge in [-0.25, -0.2) is 4.39 Å². The van der Waals surface area contributed by atoms with Crippen molar-refractivity contribution in [2.24, 2.45) is 5.41 Å². The van der Waals surface area contributed by atoms with Gasteiger partial charge in [-0.1, -0.05) is 0 Å². The van der Waals surface area contributed by atoms with E-state index >= 15 is 0 Å². The molecular weight excluding hydrogens is 250 g/mol. The van der Waals surface area contributed by atoms with Crippen LogP contribution >= 0.6 is 0 Å². The van der Waals surface area contributed by atoms with E-state index in [1.807, 2.05) is 27.7 Å². The standard InChI is InChI=1S/C13H20BFO4/c1-11(2)12(3,4)19-14(18-11)9(15)8-6-13(5,7-8)10(16)17/h6-7H2,1-5H3,(H,16,17). The molecule has 1 aliphatic carbocycles. The minimum atomic E-state index is -1.02. The summed E-state index contributed by atoms with van der Waals surface area (Å²) in [6.45, 7) is 9.04. The summed E-state index contributed by atoms with van der Waals surface area (Å²) in [5.41, 5.74) is -2.00. The maximum Gasteiger partial charge on any atom is 0.525 e. The van der Waals surface area contributed by atoms with Crippen LogP contribution in [0.3, 0.4) is 0 Å². The van der Waals surface area contributed by atoms with Crippen molar-refractivity contribution < 1.29 is 23.6 Å². The Hall–Kier alpha value is -0.875. The van der Waals surface area contributed by atoms with Gasteiger partial charge < -0.3 is 14.4 Å². The zero-order chi connectivity index (χ0) is 14.6. The van der Waals surface area contributed by atoms with Gasteiger partial charge in [-0.15, -0.1) is 0 Å². The first-order chi connectivity index (χ1) is 8.48. The second-order valence-electron chi connectivity index (χ2n) is 6.76. The number of hydrogen-bond acceptors (Lipinski definition) is 3. The number of aliphatic carboxylic acids is 1. The van der Waals surface area contributed by atoms with E-state index in [0.29, 0.717) is 5.57 Å². The smallest absolute Gasteiger partial charge is 0.481 e. The van der Waals surface area contributed by atoms with Crippen LogP contribution in [0.1, 0.15) is 47.5 Å². The first-order valence-electron chi connectivity index (χ1n) is 6.45. The van der Waals surface area contributed by atoms with E-state index in [-0.39, 0.29) is 12.8 Å². The van der Waals surface area contributed by atoms with E-state index in [4.69, 9.17) is 14.4 Å². The number of allylic oxidation sites excluding steroid dienone is 1. The van der Waals surface area contributed by atoms with Gasteiger partial charge in [-0.2, -0.15) is 0 Å². The molecule has 0 aromatic rings. The molecule has 2 aliphatic rings. The van der Waals surface area contributed by atoms with Crippen LogP contribution in [-0.4, -0.2) is 29.4 Å². The molecule has 1 heterocycles. The van der Waals surface area contributed by atoms with Gasteiger partial charge in [0.1, 0.15) is 5.73 Å². The molecule has 0 spiro atoms. The van der Waals surface area contributed by atoms with Gasteiger partial charge in [0.2, 0.25) is 0 Å². The average molecular weight is 270 g/mol. The summed E-state index contributed by atoms with van der Waals surface area (Å²) in [7, 11) is -1.02. The predicted molar refractivity (Wildman–Crippen MR) is 69.2 cm³/mol. The second-order valence-corrected chi connectivity index (χ2v) is 6.76. The number of halogens is 1. The summed E-state index contributed by atoms with van der Waals surface area (Å²) in [4.78, 5) is 11.0. The Morgan fingerprint density at radius 3 is 1.95 bits per heavy atom. The van der Waals surface area contributed by atoms with Crippen LogP contribution in [0.5, 0.6) is 0 Å². The maximum absolute atomic E-state index is 14.3. The Kier molecular flexibility index (Phi) is 3.10. The van der Waals surface area contributed by atoms with Crippen molar-refractivity contribution in [3.05, 3.63) is 11.3 Å². The van der Waals surface area contributed by atoms with Gasteiger partial charge in [0, 0.05) is 0 Å². The minimum Gasteiger partial charge on any atom is -0.481 e. The van der Waals surface area contributed by atoms with Crippen molar-refractivity contribution in [2.45, 2.75) is 58.7 Å². The third-order valence-corrected chi connectivity index (χ3v) is 4.52. The van der Waals surface area contributed by atoms with E-state index in [2.05, 4.69) is 0 Å². The van der Waals surface area contributed by atoms with Crippen LogP contribution in [0, 0.1) is 5.41 Å². The summed E-state index contributed by atoms with van der Waals surface area (Å²) in [6.07, 6.45) is 0.441. The highest BCUT2D eigenvalue weighted by Crippen LogP contribution is 2.49. The van der Waals surface area contributed by atoms with E-state index in [0.717, 1.165) is 0 Å². The minimum absolute atomic E-state index is 0.220. The van der Waals surface area contributed by atoms with Crippen molar-refractivity contribution in [1.29, 1.82) is 0 Å². The van der Waals surface area contributed by atoms with Gasteiger partial charge in [0.15, 0.2) is 0 Å². The van der Waals surface area contributed by atoms with Crippen LogP contribution in [0.15, 0.2) is 11.3 Å². The molecule has 106 valence electrons. The largest absolute Gasteiger partial charge is 0.525 e. The van der Waals surface area contributed by atoms with Crippen LogP contribution < -0.4 is 0 Å². The number of carboxylic acid groups (broad SMARTS) is 1. The van der Waals surface area contributed by atoms with Crippen LogP contribution in [0.4, 0.5) is 4.39 Å². The third kappa shape index (κ3) is 2.21. The Morgan fingerprint density at radius 1 is 1.16 bits per heavy atom. The van der Waals surface area contributed by atoms with Crippen molar-refractivity contribution in [3.8, 4) is 0 Å². The number of rotatable bonds is 2. The van der Waals surface area contributed by atoms with Crippen LogP contribution in [0.25, 0.3) is 0 Å². The first-order valence-corrected chi connectivity index (χ1v) is 6.45. The molecule has 0 amide bonds. The molecule has 0 unspecified atom stereocenters. The Balaban J connectivity index is 2.12. The molecule has 2 fully saturated rings. The van der Waals surface area contributed by atoms with Crippen molar-refractivity contribution in [3.63, 3.8) is 0 Å². The summed E-state index contributed by atoms with van der Waals surface area (Å²) < 4.78 is 25.5. The third-order valence-electron chi connectivity index (χ3n) is 4.52. The molecule has 4 nitrogen and oxygen atoms in total. The zero-order valence-corrected chi connectivity index (χ0v) is 12.0. The van der Waals surface area contributed by atoms with E-state index in [9.17, 15) is 9.18 Å².